The van der Waals surface area contributed by atoms with E-state index in [1.54, 1.807) is 0 Å². The normalized spacial score (nSPS) is 56.3. The summed E-state index contributed by atoms with van der Waals surface area (Å²) in [6.07, 6.45) is -31.6. The number of carbonyl (C=O) groups is 1. The lowest BCUT2D eigenvalue weighted by molar-refractivity contribution is -0.366. The van der Waals surface area contributed by atoms with Crippen molar-refractivity contribution >= 4 is 5.97 Å². The second kappa shape index (κ2) is 24.7. The lowest BCUT2D eigenvalue weighted by Gasteiger charge is -2.73. The van der Waals surface area contributed by atoms with Crippen LogP contribution in [0.15, 0.2) is 12.2 Å². The molecule has 0 spiro atoms. The van der Waals surface area contributed by atoms with Crippen LogP contribution in [0.3, 0.4) is 0 Å². The van der Waals surface area contributed by atoms with Crippen LogP contribution in [0.4, 0.5) is 0 Å². The maximum absolute atomic E-state index is 15.2. The maximum atomic E-state index is 15.2. The summed E-state index contributed by atoms with van der Waals surface area (Å²) in [6, 6.07) is 0. The van der Waals surface area contributed by atoms with Crippen molar-refractivity contribution in [2.75, 3.05) is 26.4 Å². The number of rotatable bonds is 14. The zero-order valence-electron chi connectivity index (χ0n) is 49.6. The number of hydrogen-bond acceptors (Lipinski definition) is 26. The Balaban J connectivity index is 0.820. The van der Waals surface area contributed by atoms with Gasteiger partial charge >= 0.3 is 5.97 Å². The lowest BCUT2D eigenvalue weighted by Crippen LogP contribution is -2.68. The Morgan fingerprint density at radius 1 is 0.541 bits per heavy atom. The third kappa shape index (κ3) is 10.9. The van der Waals surface area contributed by atoms with E-state index in [9.17, 15) is 76.6 Å². The zero-order chi connectivity index (χ0) is 61.9. The summed E-state index contributed by atoms with van der Waals surface area (Å²) in [6.45, 7) is 16.5. The number of hydrogen-bond donors (Lipinski definition) is 15. The van der Waals surface area contributed by atoms with Crippen molar-refractivity contribution < 1.29 is 129 Å². The molecule has 5 saturated heterocycles. The highest BCUT2D eigenvalue weighted by Crippen LogP contribution is 2.78. The standard InChI is InChI=1S/C59H96O26/c1-23(2)26-11-16-59(54(75)85-52-45(73)41(69)38(66)30(81-52)21-77-49-46(74)42(70)47(29(19-60)80-49)83-50-43(71)39(67)35(63)24(3)78-50)18-17-57(7)27(34(26)59)9-10-32-55(5)14-13-33(56(6,22-61)31(55)12-15-58(32,57)8)82-53-48(37(65)28(62)20-76-53)84-51-44(72)40(68)36(64)25(4)79-51/h24-53,60-74H,1,9-22H2,2-8H3/t24-,25-,26-,27+,28-,29+,30+,31+,32+,33-,34+,35-,36-,37-,38+,39+,40+,41-,42+,43+,44+,45+,46+,47-,48+,49+,50-,51+,52-,53-,55-,56-,57+,58+,59-/m0/s1. The second-order valence-corrected chi connectivity index (χ2v) is 28.0. The predicted octanol–water partition coefficient (Wildman–Crippen LogP) is -2.69. The molecule has 85 heavy (non-hydrogen) atoms. The molecule has 26 heteroatoms. The van der Waals surface area contributed by atoms with Gasteiger partial charge in [0, 0.05) is 5.41 Å². The summed E-state index contributed by atoms with van der Waals surface area (Å²) in [4.78, 5) is 15.2. The zero-order valence-corrected chi connectivity index (χ0v) is 49.6. The SMILES string of the molecule is C=C(C)[C@@H]1CC[C@]2(C(=O)O[C@@H]3O[C@H](CO[C@@H]4O[C@H](CO)[C@H](O[C@@H]5O[C@@H](C)[C@H](O)[C@@H](O)[C@H]5O)[C@H](O)[C@H]4O)[C@@H](O)[C@H](O)[C@H]3O)CC[C@]3(C)[C@H](CC[C@@H]4[C@@]5(C)CC[C@H](O[C@@H]6OC[C@H](O)[C@H](O)[C@H]6O[C@H]6O[C@@H](C)[C@H](O)[C@@H](O)[C@H]6O)[C@@](C)(CO)[C@@H]5CC[C@]43C)[C@@H]12. The highest BCUT2D eigenvalue weighted by Gasteiger charge is 2.73. The van der Waals surface area contributed by atoms with E-state index in [4.69, 9.17) is 47.4 Å². The van der Waals surface area contributed by atoms with Gasteiger partial charge in [0.15, 0.2) is 25.2 Å². The third-order valence-corrected chi connectivity index (χ3v) is 23.6. The number of aliphatic hydroxyl groups excluding tert-OH is 15. The van der Waals surface area contributed by atoms with Gasteiger partial charge in [0.1, 0.15) is 104 Å². The van der Waals surface area contributed by atoms with E-state index in [2.05, 4.69) is 27.4 Å². The van der Waals surface area contributed by atoms with E-state index < -0.39 is 184 Å². The number of carbonyl (C=O) groups excluding carboxylic acids is 1. The quantitative estimate of drug-likeness (QED) is 0.0478. The molecule has 5 aliphatic heterocycles. The lowest BCUT2D eigenvalue weighted by atomic mass is 9.32. The van der Waals surface area contributed by atoms with Crippen LogP contribution in [0.5, 0.6) is 0 Å². The van der Waals surface area contributed by atoms with Gasteiger partial charge in [-0.1, -0.05) is 39.8 Å². The van der Waals surface area contributed by atoms with E-state index in [0.29, 0.717) is 38.5 Å². The largest absolute Gasteiger partial charge is 0.432 e. The van der Waals surface area contributed by atoms with Crippen molar-refractivity contribution in [3.8, 4) is 0 Å². The molecular weight excluding hydrogens is 1120 g/mol. The van der Waals surface area contributed by atoms with Gasteiger partial charge in [0.25, 0.3) is 0 Å². The van der Waals surface area contributed by atoms with Crippen LogP contribution in [0.2, 0.25) is 0 Å². The summed E-state index contributed by atoms with van der Waals surface area (Å²) in [5, 5.41) is 163. The van der Waals surface area contributed by atoms with Crippen LogP contribution < -0.4 is 0 Å². The molecule has 488 valence electrons. The van der Waals surface area contributed by atoms with Crippen LogP contribution in [-0.2, 0) is 52.2 Å². The van der Waals surface area contributed by atoms with Crippen LogP contribution in [0.25, 0.3) is 0 Å². The molecule has 15 N–H and O–H groups in total. The van der Waals surface area contributed by atoms with Gasteiger partial charge < -0.3 is 124 Å². The van der Waals surface area contributed by atoms with Gasteiger partial charge in [0.2, 0.25) is 6.29 Å². The number of ether oxygens (including phenoxy) is 10. The molecule has 0 aromatic heterocycles. The molecule has 5 saturated carbocycles. The number of aliphatic hydroxyl groups is 15. The van der Waals surface area contributed by atoms with Crippen molar-refractivity contribution in [1.29, 1.82) is 0 Å². The molecule has 10 aliphatic rings. The Hall–Kier alpha value is -1.75. The molecule has 0 aromatic rings. The summed E-state index contributed by atoms with van der Waals surface area (Å²) in [5.41, 5.74) is -1.80. The van der Waals surface area contributed by atoms with Gasteiger partial charge in [-0.3, -0.25) is 4.79 Å². The van der Waals surface area contributed by atoms with Crippen molar-refractivity contribution in [2.45, 2.75) is 266 Å². The number of esters is 1. The monoisotopic (exact) mass is 1220 g/mol. The third-order valence-electron chi connectivity index (χ3n) is 23.6. The maximum Gasteiger partial charge on any atom is 0.314 e. The van der Waals surface area contributed by atoms with E-state index in [1.165, 1.54) is 13.8 Å². The van der Waals surface area contributed by atoms with E-state index >= 15 is 4.79 Å². The summed E-state index contributed by atoms with van der Waals surface area (Å²) < 4.78 is 59.5. The Labute approximate surface area is 494 Å². The molecule has 26 nitrogen and oxygen atoms in total. The topological polar surface area (TPSA) is 413 Å². The van der Waals surface area contributed by atoms with Gasteiger partial charge in [-0.05, 0) is 131 Å². The Morgan fingerprint density at radius 2 is 1.13 bits per heavy atom. The molecule has 5 heterocycles. The molecule has 10 fully saturated rings. The van der Waals surface area contributed by atoms with E-state index in [0.717, 1.165) is 31.3 Å². The van der Waals surface area contributed by atoms with Crippen molar-refractivity contribution in [2.24, 2.45) is 56.7 Å². The predicted molar refractivity (Wildman–Crippen MR) is 288 cm³/mol. The number of allylic oxidation sites excluding steroid dienone is 1. The molecule has 0 radical (unpaired) electrons. The Bertz CT molecular complexity index is 2340. The van der Waals surface area contributed by atoms with Crippen molar-refractivity contribution in [3.05, 3.63) is 12.2 Å². The first-order valence-corrected chi connectivity index (χ1v) is 30.7. The van der Waals surface area contributed by atoms with Gasteiger partial charge in [-0.2, -0.15) is 0 Å². The Kier molecular flexibility index (Phi) is 19.2. The van der Waals surface area contributed by atoms with Crippen molar-refractivity contribution in [3.63, 3.8) is 0 Å². The van der Waals surface area contributed by atoms with Gasteiger partial charge in [-0.25, -0.2) is 0 Å². The molecule has 0 unspecified atom stereocenters. The molecule has 10 rings (SSSR count). The minimum atomic E-state index is -1.90. The summed E-state index contributed by atoms with van der Waals surface area (Å²) >= 11 is 0. The molecule has 0 aromatic carbocycles. The van der Waals surface area contributed by atoms with E-state index in [-0.39, 0.29) is 59.0 Å². The van der Waals surface area contributed by atoms with Crippen LogP contribution in [0, 0.1) is 56.7 Å². The first-order chi connectivity index (χ1) is 39.9. The highest BCUT2D eigenvalue weighted by atomic mass is 16.8. The van der Waals surface area contributed by atoms with Crippen molar-refractivity contribution in [1.82, 2.24) is 0 Å². The fourth-order valence-electron chi connectivity index (χ4n) is 18.4. The molecule has 35 atom stereocenters. The van der Waals surface area contributed by atoms with Crippen LogP contribution in [0.1, 0.15) is 113 Å². The Morgan fingerprint density at radius 3 is 1.74 bits per heavy atom. The second-order valence-electron chi connectivity index (χ2n) is 28.0. The fourth-order valence-corrected chi connectivity index (χ4v) is 18.4. The fraction of sp³-hybridized carbons (Fsp3) is 0.949. The average molecular weight is 1220 g/mol. The highest BCUT2D eigenvalue weighted by molar-refractivity contribution is 5.78. The molecular formula is C59H96O26. The summed E-state index contributed by atoms with van der Waals surface area (Å²) in [5.74, 6) is -0.760. The first-order valence-electron chi connectivity index (χ1n) is 30.7. The molecule has 5 aliphatic carbocycles. The van der Waals surface area contributed by atoms with Crippen LogP contribution in [-0.4, -0.2) is 263 Å². The van der Waals surface area contributed by atoms with Gasteiger partial charge in [0.05, 0.1) is 50.2 Å². The molecule has 0 bridgehead atoms. The minimum Gasteiger partial charge on any atom is -0.432 e. The number of fused-ring (bicyclic) bond motifs is 7. The minimum absolute atomic E-state index is 0.0172. The van der Waals surface area contributed by atoms with E-state index in [1.807, 2.05) is 13.8 Å². The smallest absolute Gasteiger partial charge is 0.314 e. The average Bonchev–Trinajstić information content (AvgIpc) is 1.62. The molecule has 0 amide bonds. The summed E-state index contributed by atoms with van der Waals surface area (Å²) in [7, 11) is 0. The van der Waals surface area contributed by atoms with Crippen LogP contribution >= 0.6 is 0 Å². The first kappa shape index (κ1) is 66.2. The van der Waals surface area contributed by atoms with Gasteiger partial charge in [-0.15, -0.1) is 0 Å².